The van der Waals surface area contributed by atoms with E-state index in [0.717, 1.165) is 36.4 Å². The summed E-state index contributed by atoms with van der Waals surface area (Å²) in [6, 6.07) is 15.2. The monoisotopic (exact) mass is 435 g/mol. The van der Waals surface area contributed by atoms with Crippen molar-refractivity contribution in [3.05, 3.63) is 70.7 Å². The van der Waals surface area contributed by atoms with Crippen molar-refractivity contribution in [2.75, 3.05) is 18.5 Å². The topological polar surface area (TPSA) is 80.3 Å². The van der Waals surface area contributed by atoms with E-state index in [1.165, 1.54) is 16.9 Å². The van der Waals surface area contributed by atoms with Crippen LogP contribution in [0.1, 0.15) is 46.2 Å². The molecule has 1 aliphatic heterocycles. The van der Waals surface area contributed by atoms with E-state index >= 15 is 0 Å². The zero-order chi connectivity index (χ0) is 21.6. The lowest BCUT2D eigenvalue weighted by Gasteiger charge is -2.13. The zero-order valence-electron chi connectivity index (χ0n) is 17.4. The van der Waals surface area contributed by atoms with Crippen molar-refractivity contribution in [1.82, 2.24) is 10.3 Å². The fraction of sp³-hybridized carbons (Fsp3) is 0.292. The van der Waals surface area contributed by atoms with Crippen LogP contribution in [-0.2, 0) is 11.2 Å². The molecule has 6 nitrogen and oxygen atoms in total. The molecule has 3 aromatic rings. The number of rotatable bonds is 7. The number of ether oxygens (including phenoxy) is 1. The minimum absolute atomic E-state index is 0.0607. The number of carbonyl (C=O) groups excluding carboxylic acids is 2. The van der Waals surface area contributed by atoms with E-state index in [-0.39, 0.29) is 17.9 Å². The second-order valence-corrected chi connectivity index (χ2v) is 8.29. The number of aromatic nitrogens is 1. The SMILES string of the molecule is CCc1ccc(-c2nc(C(=O)Nc3ccccc3C(=O)NCC3CCCO3)cs2)cc1. The van der Waals surface area contributed by atoms with E-state index in [4.69, 9.17) is 4.74 Å². The van der Waals surface area contributed by atoms with Gasteiger partial charge in [0.2, 0.25) is 0 Å². The van der Waals surface area contributed by atoms with Gasteiger partial charge in [0, 0.05) is 24.1 Å². The summed E-state index contributed by atoms with van der Waals surface area (Å²) in [5.74, 6) is -0.576. The molecule has 0 spiro atoms. The van der Waals surface area contributed by atoms with Gasteiger partial charge in [-0.1, -0.05) is 43.3 Å². The lowest BCUT2D eigenvalue weighted by Crippen LogP contribution is -2.32. The number of thiazole rings is 1. The molecule has 0 aliphatic carbocycles. The van der Waals surface area contributed by atoms with Gasteiger partial charge >= 0.3 is 0 Å². The number of nitrogens with zero attached hydrogens (tertiary/aromatic N) is 1. The van der Waals surface area contributed by atoms with Gasteiger partial charge in [0.15, 0.2) is 0 Å². The van der Waals surface area contributed by atoms with Crippen molar-refractivity contribution < 1.29 is 14.3 Å². The van der Waals surface area contributed by atoms with Gasteiger partial charge in [-0.05, 0) is 37.0 Å². The summed E-state index contributed by atoms with van der Waals surface area (Å²) in [4.78, 5) is 29.9. The van der Waals surface area contributed by atoms with E-state index < -0.39 is 0 Å². The molecule has 0 radical (unpaired) electrons. The van der Waals surface area contributed by atoms with Gasteiger partial charge in [-0.2, -0.15) is 0 Å². The van der Waals surface area contributed by atoms with Crippen molar-refractivity contribution in [2.24, 2.45) is 0 Å². The molecular weight excluding hydrogens is 410 g/mol. The Hall–Kier alpha value is -3.03. The maximum absolute atomic E-state index is 12.8. The Bertz CT molecular complexity index is 1060. The second kappa shape index (κ2) is 9.85. The molecule has 2 N–H and O–H groups in total. The summed E-state index contributed by atoms with van der Waals surface area (Å²) in [5.41, 5.74) is 3.44. The smallest absolute Gasteiger partial charge is 0.275 e. The molecule has 4 rings (SSSR count). The molecule has 0 bridgehead atoms. The molecule has 1 saturated heterocycles. The highest BCUT2D eigenvalue weighted by Gasteiger charge is 2.19. The number of para-hydroxylation sites is 1. The molecule has 1 atom stereocenters. The van der Waals surface area contributed by atoms with E-state index in [1.807, 2.05) is 12.1 Å². The third kappa shape index (κ3) is 5.18. The number of amides is 2. The van der Waals surface area contributed by atoms with Gasteiger partial charge in [-0.15, -0.1) is 11.3 Å². The van der Waals surface area contributed by atoms with Gasteiger partial charge < -0.3 is 15.4 Å². The minimum atomic E-state index is -0.341. The Labute approximate surface area is 185 Å². The highest BCUT2D eigenvalue weighted by atomic mass is 32.1. The molecule has 1 fully saturated rings. The maximum atomic E-state index is 12.8. The first-order chi connectivity index (χ1) is 15.1. The normalized spacial score (nSPS) is 15.6. The van der Waals surface area contributed by atoms with Crippen LogP contribution >= 0.6 is 11.3 Å². The summed E-state index contributed by atoms with van der Waals surface area (Å²) in [6.45, 7) is 3.32. The third-order valence-electron chi connectivity index (χ3n) is 5.28. The molecule has 7 heteroatoms. The first kappa shape index (κ1) is 21.2. The Morgan fingerprint density at radius 3 is 2.68 bits per heavy atom. The largest absolute Gasteiger partial charge is 0.376 e. The number of benzene rings is 2. The maximum Gasteiger partial charge on any atom is 0.275 e. The number of nitrogens with one attached hydrogen (secondary N) is 2. The van der Waals surface area contributed by atoms with Crippen LogP contribution < -0.4 is 10.6 Å². The van der Waals surface area contributed by atoms with Crippen LogP contribution in [0.3, 0.4) is 0 Å². The Kier molecular flexibility index (Phi) is 6.74. The number of carbonyl (C=O) groups is 2. The minimum Gasteiger partial charge on any atom is -0.376 e. The van der Waals surface area contributed by atoms with Crippen LogP contribution in [0.25, 0.3) is 10.6 Å². The lowest BCUT2D eigenvalue weighted by molar-refractivity contribution is 0.0858. The quantitative estimate of drug-likeness (QED) is 0.571. The van der Waals surface area contributed by atoms with Crippen LogP contribution in [-0.4, -0.2) is 36.1 Å². The van der Waals surface area contributed by atoms with Gasteiger partial charge in [-0.3, -0.25) is 9.59 Å². The molecule has 0 saturated carbocycles. The summed E-state index contributed by atoms with van der Waals surface area (Å²) < 4.78 is 5.55. The Balaban J connectivity index is 1.44. The number of aryl methyl sites for hydroxylation is 1. The van der Waals surface area contributed by atoms with Gasteiger partial charge in [0.25, 0.3) is 11.8 Å². The third-order valence-corrected chi connectivity index (χ3v) is 6.17. The fourth-order valence-corrected chi connectivity index (χ4v) is 4.28. The summed E-state index contributed by atoms with van der Waals surface area (Å²) in [5, 5.41) is 8.25. The lowest BCUT2D eigenvalue weighted by atomic mass is 10.1. The van der Waals surface area contributed by atoms with E-state index in [0.29, 0.717) is 23.5 Å². The van der Waals surface area contributed by atoms with Crippen LogP contribution in [0.5, 0.6) is 0 Å². The van der Waals surface area contributed by atoms with Crippen LogP contribution in [0.15, 0.2) is 53.9 Å². The van der Waals surface area contributed by atoms with E-state index in [2.05, 4.69) is 34.7 Å². The van der Waals surface area contributed by atoms with Crippen molar-refractivity contribution in [1.29, 1.82) is 0 Å². The fourth-order valence-electron chi connectivity index (χ4n) is 3.48. The molecular formula is C24H25N3O3S. The summed E-state index contributed by atoms with van der Waals surface area (Å²) >= 11 is 1.42. The van der Waals surface area contributed by atoms with Crippen molar-refractivity contribution in [3.8, 4) is 10.6 Å². The molecule has 2 heterocycles. The van der Waals surface area contributed by atoms with Crippen LogP contribution in [0, 0.1) is 0 Å². The zero-order valence-corrected chi connectivity index (χ0v) is 18.2. The van der Waals surface area contributed by atoms with E-state index in [9.17, 15) is 9.59 Å². The highest BCUT2D eigenvalue weighted by Crippen LogP contribution is 2.25. The molecule has 1 unspecified atom stereocenters. The first-order valence-corrected chi connectivity index (χ1v) is 11.4. The molecule has 160 valence electrons. The van der Waals surface area contributed by atoms with Crippen molar-refractivity contribution in [2.45, 2.75) is 32.3 Å². The predicted molar refractivity (Wildman–Crippen MR) is 123 cm³/mol. The average molecular weight is 436 g/mol. The number of hydrogen-bond acceptors (Lipinski definition) is 5. The van der Waals surface area contributed by atoms with E-state index in [1.54, 1.807) is 29.6 Å². The standard InChI is InChI=1S/C24H25N3O3S/c1-2-16-9-11-17(12-10-16)24-27-21(15-31-24)23(29)26-20-8-4-3-7-19(20)22(28)25-14-18-6-5-13-30-18/h3-4,7-12,15,18H,2,5-6,13-14H2,1H3,(H,25,28)(H,26,29). The molecule has 2 aromatic carbocycles. The average Bonchev–Trinajstić information content (AvgIpc) is 3.50. The summed E-state index contributed by atoms with van der Waals surface area (Å²) in [6.07, 6.45) is 3.01. The van der Waals surface area contributed by atoms with Gasteiger partial charge in [0.1, 0.15) is 10.7 Å². The molecule has 1 aromatic heterocycles. The second-order valence-electron chi connectivity index (χ2n) is 7.43. The molecule has 2 amide bonds. The van der Waals surface area contributed by atoms with Gasteiger partial charge in [0.05, 0.1) is 17.4 Å². The first-order valence-electron chi connectivity index (χ1n) is 10.5. The highest BCUT2D eigenvalue weighted by molar-refractivity contribution is 7.13. The Morgan fingerprint density at radius 1 is 1.13 bits per heavy atom. The number of anilines is 1. The van der Waals surface area contributed by atoms with Crippen molar-refractivity contribution in [3.63, 3.8) is 0 Å². The predicted octanol–water partition coefficient (Wildman–Crippen LogP) is 4.53. The number of hydrogen-bond donors (Lipinski definition) is 2. The Morgan fingerprint density at radius 2 is 1.94 bits per heavy atom. The summed E-state index contributed by atoms with van der Waals surface area (Å²) in [7, 11) is 0. The van der Waals surface area contributed by atoms with Gasteiger partial charge in [-0.25, -0.2) is 4.98 Å². The van der Waals surface area contributed by atoms with Crippen molar-refractivity contribution >= 4 is 28.8 Å². The van der Waals surface area contributed by atoms with Crippen LogP contribution in [0.4, 0.5) is 5.69 Å². The molecule has 31 heavy (non-hydrogen) atoms. The molecule has 1 aliphatic rings. The van der Waals surface area contributed by atoms with Crippen LogP contribution in [0.2, 0.25) is 0 Å².